The highest BCUT2D eigenvalue weighted by molar-refractivity contribution is 5.65. The zero-order valence-electron chi connectivity index (χ0n) is 18.3. The van der Waals surface area contributed by atoms with Gasteiger partial charge in [-0.3, -0.25) is 25.1 Å². The molecule has 1 aliphatic heterocycles. The summed E-state index contributed by atoms with van der Waals surface area (Å²) in [7, 11) is 3.58. The van der Waals surface area contributed by atoms with Crippen LogP contribution in [0.3, 0.4) is 0 Å². The molecule has 0 aliphatic carbocycles. The maximum atomic E-state index is 11.4. The summed E-state index contributed by atoms with van der Waals surface area (Å²) in [5.41, 5.74) is 0.734. The molecule has 0 amide bonds. The molecule has 0 unspecified atom stereocenters. The molecule has 2 aromatic carbocycles. The number of benzene rings is 2. The maximum Gasteiger partial charge on any atom is 0.299 e. The van der Waals surface area contributed by atoms with Crippen LogP contribution in [-0.2, 0) is 9.47 Å². The molecule has 0 spiro atoms. The van der Waals surface area contributed by atoms with Crippen molar-refractivity contribution >= 4 is 17.1 Å². The van der Waals surface area contributed by atoms with E-state index in [0.29, 0.717) is 13.0 Å². The van der Waals surface area contributed by atoms with Crippen molar-refractivity contribution in [2.45, 2.75) is 44.2 Å². The predicted molar refractivity (Wildman–Crippen MR) is 120 cm³/mol. The van der Waals surface area contributed by atoms with Gasteiger partial charge in [0.1, 0.15) is 5.69 Å². The second-order valence-corrected chi connectivity index (χ2v) is 7.93. The topological polar surface area (TPSA) is 120 Å². The number of likely N-dealkylation sites (N-methyl/N-ethyl adjacent to an activating group) is 1. The van der Waals surface area contributed by atoms with E-state index in [1.165, 1.54) is 24.8 Å². The van der Waals surface area contributed by atoms with E-state index >= 15 is 0 Å². The molecule has 10 nitrogen and oxygen atoms in total. The highest BCUT2D eigenvalue weighted by Crippen LogP contribution is 2.32. The zero-order chi connectivity index (χ0) is 23.3. The van der Waals surface area contributed by atoms with Gasteiger partial charge in [0, 0.05) is 25.8 Å². The van der Waals surface area contributed by atoms with Crippen LogP contribution in [0.25, 0.3) is 0 Å². The van der Waals surface area contributed by atoms with Crippen molar-refractivity contribution in [1.29, 1.82) is 0 Å². The van der Waals surface area contributed by atoms with Crippen LogP contribution in [0.15, 0.2) is 48.5 Å². The van der Waals surface area contributed by atoms with Crippen molar-refractivity contribution in [3.8, 4) is 0 Å². The predicted octanol–water partition coefficient (Wildman–Crippen LogP) is 4.13. The number of hydrogen-bond donors (Lipinski definition) is 1. The molecule has 0 bridgehead atoms. The lowest BCUT2D eigenvalue weighted by Crippen LogP contribution is -2.47. The number of nitro groups is 2. The third kappa shape index (κ3) is 5.58. The van der Waals surface area contributed by atoms with E-state index in [1.807, 2.05) is 25.2 Å². The molecule has 0 aromatic heterocycles. The summed E-state index contributed by atoms with van der Waals surface area (Å²) in [5, 5.41) is 25.5. The first kappa shape index (κ1) is 23.6. The highest BCUT2D eigenvalue weighted by Gasteiger charge is 2.34. The molecular formula is C22H28N4O6. The number of nitrogens with one attached hydrogen (secondary N) is 1. The Kier molecular flexibility index (Phi) is 7.73. The minimum atomic E-state index is -0.657. The Bertz CT molecular complexity index is 941. The fraction of sp³-hybridized carbons (Fsp3) is 0.455. The van der Waals surface area contributed by atoms with Crippen LogP contribution in [-0.4, -0.2) is 53.9 Å². The van der Waals surface area contributed by atoms with E-state index in [4.69, 9.17) is 9.47 Å². The van der Waals surface area contributed by atoms with E-state index in [0.717, 1.165) is 12.5 Å². The quantitative estimate of drug-likeness (QED) is 0.453. The van der Waals surface area contributed by atoms with Gasteiger partial charge in [-0.05, 0) is 38.4 Å². The summed E-state index contributed by atoms with van der Waals surface area (Å²) >= 11 is 0. The summed E-state index contributed by atoms with van der Waals surface area (Å²) in [6.07, 6.45) is 0.750. The van der Waals surface area contributed by atoms with Crippen LogP contribution in [0.4, 0.5) is 17.1 Å². The monoisotopic (exact) mass is 444 g/mol. The second-order valence-electron chi connectivity index (χ2n) is 7.93. The van der Waals surface area contributed by atoms with Crippen LogP contribution in [0.5, 0.6) is 0 Å². The molecule has 2 aromatic rings. The Hall–Kier alpha value is -3.08. The van der Waals surface area contributed by atoms with Crippen molar-refractivity contribution in [2.24, 2.45) is 0 Å². The summed E-state index contributed by atoms with van der Waals surface area (Å²) in [4.78, 5) is 23.3. The Balaban J connectivity index is 1.65. The number of nitro benzene ring substituents is 2. The molecule has 1 N–H and O–H groups in total. The fourth-order valence-electron chi connectivity index (χ4n) is 3.92. The highest BCUT2D eigenvalue weighted by atomic mass is 16.7. The van der Waals surface area contributed by atoms with Gasteiger partial charge in [0.2, 0.25) is 0 Å². The lowest BCUT2D eigenvalue weighted by molar-refractivity contribution is -0.393. The molecule has 4 atom stereocenters. The van der Waals surface area contributed by atoms with Gasteiger partial charge in [0.25, 0.3) is 11.4 Å². The Morgan fingerprint density at radius 2 is 1.88 bits per heavy atom. The van der Waals surface area contributed by atoms with Gasteiger partial charge < -0.3 is 14.8 Å². The molecule has 1 aliphatic rings. The fourth-order valence-corrected chi connectivity index (χ4v) is 3.92. The van der Waals surface area contributed by atoms with Crippen LogP contribution >= 0.6 is 0 Å². The van der Waals surface area contributed by atoms with Gasteiger partial charge in [-0.25, -0.2) is 0 Å². The number of nitrogens with zero attached hydrogens (tertiary/aromatic N) is 3. The number of anilines is 1. The minimum absolute atomic E-state index is 0.0546. The lowest BCUT2D eigenvalue weighted by atomic mass is 10.0. The van der Waals surface area contributed by atoms with Crippen molar-refractivity contribution in [1.82, 2.24) is 4.90 Å². The molecule has 3 rings (SSSR count). The number of rotatable bonds is 9. The lowest BCUT2D eigenvalue weighted by Gasteiger charge is -2.38. The molecule has 10 heteroatoms. The second kappa shape index (κ2) is 10.5. The average Bonchev–Trinajstić information content (AvgIpc) is 2.79. The van der Waals surface area contributed by atoms with Gasteiger partial charge >= 0.3 is 0 Å². The SMILES string of the molecule is CO[C@H]1O[C@H](CN(C)[C@H](C)c2ccccc2)CC[C@H]1Nc1ccc([N+](=O)[O-])cc1[N+](=O)[O-]. The first-order chi connectivity index (χ1) is 15.3. The van der Waals surface area contributed by atoms with E-state index in [9.17, 15) is 20.2 Å². The average molecular weight is 444 g/mol. The smallest absolute Gasteiger partial charge is 0.299 e. The van der Waals surface area contributed by atoms with Gasteiger partial charge in [0.15, 0.2) is 6.29 Å². The molecule has 1 heterocycles. The van der Waals surface area contributed by atoms with E-state index in [2.05, 4.69) is 29.3 Å². The van der Waals surface area contributed by atoms with E-state index in [-0.39, 0.29) is 35.2 Å². The molecule has 0 saturated carbocycles. The summed E-state index contributed by atoms with van der Waals surface area (Å²) in [6.45, 7) is 2.85. The third-order valence-electron chi connectivity index (χ3n) is 5.85. The van der Waals surface area contributed by atoms with E-state index in [1.54, 1.807) is 0 Å². The Morgan fingerprint density at radius 3 is 2.50 bits per heavy atom. The van der Waals surface area contributed by atoms with Gasteiger partial charge in [-0.2, -0.15) is 0 Å². The first-order valence-electron chi connectivity index (χ1n) is 10.4. The van der Waals surface area contributed by atoms with Crippen LogP contribution in [0.2, 0.25) is 0 Å². The molecule has 1 fully saturated rings. The zero-order valence-corrected chi connectivity index (χ0v) is 18.3. The third-order valence-corrected chi connectivity index (χ3v) is 5.85. The standard InChI is InChI=1S/C22H28N4O6/c1-15(16-7-5-4-6-8-16)24(2)14-18-10-12-20(22(31-3)32-18)23-19-11-9-17(25(27)28)13-21(19)26(29)30/h4-9,11,13,15,18,20,22-23H,10,12,14H2,1-3H3/t15-,18+,20-,22+/m1/s1. The van der Waals surface area contributed by atoms with Crippen LogP contribution < -0.4 is 5.32 Å². The normalized spacial score (nSPS) is 21.8. The number of ether oxygens (including phenoxy) is 2. The van der Waals surface area contributed by atoms with Crippen molar-refractivity contribution in [3.63, 3.8) is 0 Å². The van der Waals surface area contributed by atoms with Gasteiger partial charge in [-0.15, -0.1) is 0 Å². The molecule has 32 heavy (non-hydrogen) atoms. The van der Waals surface area contributed by atoms with E-state index < -0.39 is 16.1 Å². The Labute approximate surface area is 186 Å². The van der Waals surface area contributed by atoms with Gasteiger partial charge in [-0.1, -0.05) is 30.3 Å². The summed E-state index contributed by atoms with van der Waals surface area (Å²) in [5.74, 6) is 0. The van der Waals surface area contributed by atoms with Crippen LogP contribution in [0, 0.1) is 20.2 Å². The summed E-state index contributed by atoms with van der Waals surface area (Å²) in [6, 6.07) is 13.7. The van der Waals surface area contributed by atoms with Crippen LogP contribution in [0.1, 0.15) is 31.4 Å². The first-order valence-corrected chi connectivity index (χ1v) is 10.4. The molecule has 1 saturated heterocycles. The largest absolute Gasteiger partial charge is 0.372 e. The van der Waals surface area contributed by atoms with Crippen molar-refractivity contribution in [3.05, 3.63) is 74.3 Å². The number of non-ortho nitro benzene ring substituents is 1. The number of hydrogen-bond acceptors (Lipinski definition) is 8. The number of methoxy groups -OCH3 is 1. The Morgan fingerprint density at radius 1 is 1.16 bits per heavy atom. The molecule has 172 valence electrons. The van der Waals surface area contributed by atoms with Gasteiger partial charge in [0.05, 0.1) is 28.1 Å². The minimum Gasteiger partial charge on any atom is -0.372 e. The van der Waals surface area contributed by atoms with Crippen molar-refractivity contribution < 1.29 is 19.3 Å². The molecule has 0 radical (unpaired) electrons. The summed E-state index contributed by atoms with van der Waals surface area (Å²) < 4.78 is 11.6. The van der Waals surface area contributed by atoms with Crippen molar-refractivity contribution in [2.75, 3.05) is 26.0 Å². The maximum absolute atomic E-state index is 11.4. The molecular weight excluding hydrogens is 416 g/mol.